The Morgan fingerprint density at radius 1 is 1.42 bits per heavy atom. The predicted molar refractivity (Wildman–Crippen MR) is 99.9 cm³/mol. The molecule has 12 heteroatoms. The number of carbonyl (C=O) groups is 1. The van der Waals surface area contributed by atoms with Crippen molar-refractivity contribution < 1.29 is 36.7 Å². The topological polar surface area (TPSA) is 88.7 Å². The molecule has 0 spiro atoms. The number of alkyl halides is 3. The van der Waals surface area contributed by atoms with Crippen LogP contribution >= 0.6 is 11.6 Å². The van der Waals surface area contributed by atoms with Gasteiger partial charge in [-0.25, -0.2) is 9.18 Å². The Morgan fingerprint density at radius 2 is 2.13 bits per heavy atom. The summed E-state index contributed by atoms with van der Waals surface area (Å²) in [5, 5.41) is 11.2. The Bertz CT molecular complexity index is 939. The number of nitrogens with zero attached hydrogens (tertiary/aromatic N) is 3. The molecule has 1 aromatic carbocycles. The molecule has 1 N–H and O–H groups in total. The van der Waals surface area contributed by atoms with Crippen LogP contribution in [-0.2, 0) is 22.5 Å². The van der Waals surface area contributed by atoms with Crippen LogP contribution in [0, 0.1) is 24.1 Å². The molecule has 2 aliphatic rings. The molecule has 170 valence electrons. The monoisotopic (exact) mass is 465 g/mol. The SMILES string of the molecule is Cc1noc(C[C@]23COC[C@H]2CN(Cc2ccc(Cl)c(F)c2)C3)n1.O=C(O)C(F)(F)F. The fraction of sp³-hybridized carbons (Fsp3) is 0.526. The average Bonchev–Trinajstić information content (AvgIpc) is 3.32. The maximum Gasteiger partial charge on any atom is 0.490 e. The minimum absolute atomic E-state index is 0.00391. The van der Waals surface area contributed by atoms with Crippen molar-refractivity contribution in [3.05, 3.63) is 46.3 Å². The third-order valence-corrected chi connectivity index (χ3v) is 5.60. The lowest BCUT2D eigenvalue weighted by Gasteiger charge is -2.25. The summed E-state index contributed by atoms with van der Waals surface area (Å²) in [6.45, 7) is 5.78. The van der Waals surface area contributed by atoms with Gasteiger partial charge < -0.3 is 14.4 Å². The lowest BCUT2D eigenvalue weighted by Crippen LogP contribution is -2.33. The third-order valence-electron chi connectivity index (χ3n) is 5.30. The first kappa shape index (κ1) is 23.4. The third kappa shape index (κ3) is 5.72. The molecular formula is C19H20ClF4N3O4. The van der Waals surface area contributed by atoms with Crippen molar-refractivity contribution in [3.8, 4) is 0 Å². The van der Waals surface area contributed by atoms with Gasteiger partial charge in [0.15, 0.2) is 5.82 Å². The number of carboxylic acids is 1. The van der Waals surface area contributed by atoms with Crippen LogP contribution in [0.4, 0.5) is 17.6 Å². The molecular weight excluding hydrogens is 446 g/mol. The van der Waals surface area contributed by atoms with Crippen molar-refractivity contribution in [2.75, 3.05) is 26.3 Å². The number of halogens is 5. The molecule has 2 aliphatic heterocycles. The van der Waals surface area contributed by atoms with Crippen molar-refractivity contribution in [1.82, 2.24) is 15.0 Å². The van der Waals surface area contributed by atoms with E-state index in [-0.39, 0.29) is 16.3 Å². The van der Waals surface area contributed by atoms with Crippen molar-refractivity contribution in [3.63, 3.8) is 0 Å². The van der Waals surface area contributed by atoms with Crippen LogP contribution in [0.1, 0.15) is 17.3 Å². The van der Waals surface area contributed by atoms with Crippen molar-refractivity contribution in [2.45, 2.75) is 26.1 Å². The number of hydrogen-bond acceptors (Lipinski definition) is 6. The van der Waals surface area contributed by atoms with Gasteiger partial charge in [0.25, 0.3) is 0 Å². The summed E-state index contributed by atoms with van der Waals surface area (Å²) in [4.78, 5) is 15.6. The van der Waals surface area contributed by atoms with E-state index in [1.54, 1.807) is 6.07 Å². The Balaban J connectivity index is 0.000000339. The minimum atomic E-state index is -5.08. The number of ether oxygens (including phenoxy) is 1. The number of hydrogen-bond donors (Lipinski definition) is 1. The molecule has 2 fully saturated rings. The number of benzene rings is 1. The predicted octanol–water partition coefficient (Wildman–Crippen LogP) is 3.49. The standard InChI is InChI=1S/C17H19ClFN3O2.C2HF3O2/c1-11-20-16(24-21-11)5-17-9-22(7-13(17)8-23-10-17)6-12-2-3-14(18)15(19)4-12;3-2(4,5)1(6)7/h2-4,13H,5-10H2,1H3;(H,6,7)/t13-,17+;/m1./s1. The van der Waals surface area contributed by atoms with Gasteiger partial charge in [0.2, 0.25) is 5.89 Å². The lowest BCUT2D eigenvalue weighted by atomic mass is 9.78. The van der Waals surface area contributed by atoms with Gasteiger partial charge in [-0.2, -0.15) is 18.2 Å². The van der Waals surface area contributed by atoms with E-state index in [1.165, 1.54) is 6.07 Å². The molecule has 2 saturated heterocycles. The highest BCUT2D eigenvalue weighted by Gasteiger charge is 2.51. The number of likely N-dealkylation sites (tertiary alicyclic amines) is 1. The van der Waals surface area contributed by atoms with E-state index in [4.69, 9.17) is 30.8 Å². The summed E-state index contributed by atoms with van der Waals surface area (Å²) < 4.78 is 56.4. The highest BCUT2D eigenvalue weighted by Crippen LogP contribution is 2.44. The molecule has 0 saturated carbocycles. The zero-order chi connectivity index (χ0) is 22.8. The average molecular weight is 466 g/mol. The van der Waals surface area contributed by atoms with E-state index in [0.717, 1.165) is 31.7 Å². The van der Waals surface area contributed by atoms with Crippen molar-refractivity contribution in [1.29, 1.82) is 0 Å². The molecule has 2 atom stereocenters. The Labute approximate surface area is 179 Å². The zero-order valence-electron chi connectivity index (χ0n) is 16.5. The van der Waals surface area contributed by atoms with Gasteiger partial charge in [0, 0.05) is 37.4 Å². The van der Waals surface area contributed by atoms with E-state index < -0.39 is 12.1 Å². The quantitative estimate of drug-likeness (QED) is 0.691. The molecule has 7 nitrogen and oxygen atoms in total. The number of aryl methyl sites for hydroxylation is 1. The molecule has 0 unspecified atom stereocenters. The Morgan fingerprint density at radius 3 is 2.71 bits per heavy atom. The van der Waals surface area contributed by atoms with Crippen LogP contribution in [-0.4, -0.2) is 58.6 Å². The summed E-state index contributed by atoms with van der Waals surface area (Å²) in [5.41, 5.74) is 0.936. The molecule has 0 amide bonds. The Kier molecular flexibility index (Phi) is 6.87. The van der Waals surface area contributed by atoms with E-state index in [1.807, 2.05) is 13.0 Å². The zero-order valence-corrected chi connectivity index (χ0v) is 17.2. The van der Waals surface area contributed by atoms with Crippen LogP contribution in [0.2, 0.25) is 5.02 Å². The molecule has 3 heterocycles. The van der Waals surface area contributed by atoms with Gasteiger partial charge in [0.05, 0.1) is 18.2 Å². The lowest BCUT2D eigenvalue weighted by molar-refractivity contribution is -0.192. The number of aromatic nitrogens is 2. The first-order valence-corrected chi connectivity index (χ1v) is 9.70. The largest absolute Gasteiger partial charge is 0.490 e. The van der Waals surface area contributed by atoms with Crippen LogP contribution < -0.4 is 0 Å². The molecule has 31 heavy (non-hydrogen) atoms. The van der Waals surface area contributed by atoms with Gasteiger partial charge in [-0.15, -0.1) is 0 Å². The van der Waals surface area contributed by atoms with Crippen LogP contribution in [0.3, 0.4) is 0 Å². The Hall–Kier alpha value is -2.24. The van der Waals surface area contributed by atoms with Gasteiger partial charge >= 0.3 is 12.1 Å². The normalized spacial score (nSPS) is 23.4. The van der Waals surface area contributed by atoms with E-state index in [9.17, 15) is 17.6 Å². The second kappa shape index (κ2) is 9.09. The van der Waals surface area contributed by atoms with Crippen LogP contribution in [0.25, 0.3) is 0 Å². The highest BCUT2D eigenvalue weighted by molar-refractivity contribution is 6.30. The van der Waals surface area contributed by atoms with E-state index in [2.05, 4.69) is 15.0 Å². The molecule has 4 rings (SSSR count). The molecule has 2 aromatic rings. The number of fused-ring (bicyclic) bond motifs is 1. The van der Waals surface area contributed by atoms with Crippen molar-refractivity contribution >= 4 is 17.6 Å². The van der Waals surface area contributed by atoms with Crippen molar-refractivity contribution in [2.24, 2.45) is 11.3 Å². The maximum atomic E-state index is 13.7. The second-order valence-corrected chi connectivity index (χ2v) is 8.11. The summed E-state index contributed by atoms with van der Waals surface area (Å²) >= 11 is 5.76. The summed E-state index contributed by atoms with van der Waals surface area (Å²) in [7, 11) is 0. The minimum Gasteiger partial charge on any atom is -0.475 e. The highest BCUT2D eigenvalue weighted by atomic mass is 35.5. The van der Waals surface area contributed by atoms with Crippen LogP contribution in [0.5, 0.6) is 0 Å². The van der Waals surface area contributed by atoms with E-state index in [0.29, 0.717) is 30.8 Å². The first-order chi connectivity index (χ1) is 14.5. The molecule has 1 aromatic heterocycles. The van der Waals surface area contributed by atoms with Gasteiger partial charge in [-0.1, -0.05) is 22.8 Å². The first-order valence-electron chi connectivity index (χ1n) is 9.32. The van der Waals surface area contributed by atoms with E-state index >= 15 is 0 Å². The van der Waals surface area contributed by atoms with Gasteiger partial charge in [0.1, 0.15) is 5.82 Å². The molecule has 0 bridgehead atoms. The summed E-state index contributed by atoms with van der Waals surface area (Å²) in [6, 6.07) is 5.01. The molecule has 0 radical (unpaired) electrons. The summed E-state index contributed by atoms with van der Waals surface area (Å²) in [5.74, 6) is -1.37. The second-order valence-electron chi connectivity index (χ2n) is 7.71. The summed E-state index contributed by atoms with van der Waals surface area (Å²) in [6.07, 6.45) is -4.36. The molecule has 0 aliphatic carbocycles. The maximum absolute atomic E-state index is 13.7. The number of rotatable bonds is 4. The smallest absolute Gasteiger partial charge is 0.475 e. The van der Waals surface area contributed by atoms with Gasteiger partial charge in [-0.3, -0.25) is 4.90 Å². The fourth-order valence-corrected chi connectivity index (χ4v) is 4.04. The number of carboxylic acid groups (broad SMARTS) is 1. The van der Waals surface area contributed by atoms with Gasteiger partial charge in [-0.05, 0) is 24.6 Å². The fourth-order valence-electron chi connectivity index (χ4n) is 3.92. The van der Waals surface area contributed by atoms with Crippen LogP contribution in [0.15, 0.2) is 22.7 Å². The number of aliphatic carboxylic acids is 1.